The minimum absolute atomic E-state index is 0. The molecule has 130 valence electrons. The Bertz CT molecular complexity index is 608. The largest absolute Gasteiger partial charge is 0.485 e. The summed E-state index contributed by atoms with van der Waals surface area (Å²) in [7, 11) is 0. The van der Waals surface area contributed by atoms with E-state index in [1.54, 1.807) is 6.07 Å². The molecule has 0 aliphatic carbocycles. The molecule has 0 saturated heterocycles. The molecule has 0 aromatic heterocycles. The number of hydrogen-bond donors (Lipinski definition) is 2. The van der Waals surface area contributed by atoms with Gasteiger partial charge in [0.15, 0.2) is 18.1 Å². The van der Waals surface area contributed by atoms with E-state index in [0.717, 1.165) is 12.0 Å². The third kappa shape index (κ3) is 6.89. The van der Waals surface area contributed by atoms with E-state index in [1.807, 2.05) is 48.5 Å². The lowest BCUT2D eigenvalue weighted by molar-refractivity contribution is -0.123. The van der Waals surface area contributed by atoms with Crippen LogP contribution in [0.15, 0.2) is 54.6 Å². The van der Waals surface area contributed by atoms with Gasteiger partial charge in [-0.2, -0.15) is 0 Å². The molecule has 0 saturated carbocycles. The number of halogens is 1. The van der Waals surface area contributed by atoms with E-state index in [-0.39, 0.29) is 24.9 Å². The van der Waals surface area contributed by atoms with Gasteiger partial charge < -0.3 is 20.5 Å². The van der Waals surface area contributed by atoms with Crippen molar-refractivity contribution in [1.29, 1.82) is 0 Å². The third-order valence-electron chi connectivity index (χ3n) is 3.15. The van der Waals surface area contributed by atoms with Crippen LogP contribution in [0.4, 0.5) is 0 Å². The number of carbonyl (C=O) groups excluding carboxylic acids is 1. The molecule has 2 aromatic rings. The first-order chi connectivity index (χ1) is 11.3. The number of hydrogen-bond acceptors (Lipinski definition) is 4. The zero-order chi connectivity index (χ0) is 16.3. The second-order valence-electron chi connectivity index (χ2n) is 5.00. The number of para-hydroxylation sites is 2. The summed E-state index contributed by atoms with van der Waals surface area (Å²) >= 11 is 0. The predicted molar refractivity (Wildman–Crippen MR) is 96.6 cm³/mol. The number of rotatable bonds is 9. The Morgan fingerprint density at radius 1 is 0.958 bits per heavy atom. The van der Waals surface area contributed by atoms with Crippen molar-refractivity contribution in [1.82, 2.24) is 5.32 Å². The van der Waals surface area contributed by atoms with E-state index in [4.69, 9.17) is 15.2 Å². The quantitative estimate of drug-likeness (QED) is 0.681. The second-order valence-corrected chi connectivity index (χ2v) is 5.00. The number of nitrogens with one attached hydrogen (secondary N) is 1. The van der Waals surface area contributed by atoms with Crippen LogP contribution in [0, 0.1) is 0 Å². The van der Waals surface area contributed by atoms with Crippen molar-refractivity contribution >= 4 is 18.3 Å². The van der Waals surface area contributed by atoms with Gasteiger partial charge in [0.1, 0.15) is 6.61 Å². The minimum Gasteiger partial charge on any atom is -0.485 e. The van der Waals surface area contributed by atoms with Crippen LogP contribution >= 0.6 is 12.4 Å². The molecule has 6 heteroatoms. The van der Waals surface area contributed by atoms with E-state index >= 15 is 0 Å². The summed E-state index contributed by atoms with van der Waals surface area (Å²) in [5, 5.41) is 2.75. The Hall–Kier alpha value is -2.24. The summed E-state index contributed by atoms with van der Waals surface area (Å²) < 4.78 is 11.3. The summed E-state index contributed by atoms with van der Waals surface area (Å²) in [6.45, 7) is 1.52. The maximum absolute atomic E-state index is 11.7. The van der Waals surface area contributed by atoms with Gasteiger partial charge in [-0.15, -0.1) is 12.4 Å². The molecule has 24 heavy (non-hydrogen) atoms. The van der Waals surface area contributed by atoms with Crippen molar-refractivity contribution in [2.75, 3.05) is 19.7 Å². The van der Waals surface area contributed by atoms with Crippen LogP contribution in [0.3, 0.4) is 0 Å². The molecule has 2 rings (SSSR count). The lowest BCUT2D eigenvalue weighted by atomic mass is 10.2. The molecular formula is C18H23ClN2O3. The summed E-state index contributed by atoms with van der Waals surface area (Å²) in [5.74, 6) is 1.000. The second kappa shape index (κ2) is 11.3. The summed E-state index contributed by atoms with van der Waals surface area (Å²) in [5.41, 5.74) is 6.45. The maximum Gasteiger partial charge on any atom is 0.257 e. The molecule has 0 fully saturated rings. The first-order valence-electron chi connectivity index (χ1n) is 7.65. The Balaban J connectivity index is 0.00000288. The molecule has 1 amide bonds. The molecule has 0 radical (unpaired) electrons. The molecule has 0 aliphatic heterocycles. The SMILES string of the molecule is Cl.NCCCNC(=O)COc1ccccc1OCc1ccccc1. The van der Waals surface area contributed by atoms with E-state index in [1.165, 1.54) is 0 Å². The van der Waals surface area contributed by atoms with Crippen LogP contribution < -0.4 is 20.5 Å². The molecule has 0 unspecified atom stereocenters. The smallest absolute Gasteiger partial charge is 0.257 e. The van der Waals surface area contributed by atoms with Gasteiger partial charge in [0.2, 0.25) is 0 Å². The van der Waals surface area contributed by atoms with E-state index in [2.05, 4.69) is 5.32 Å². The summed E-state index contributed by atoms with van der Waals surface area (Å²) in [6, 6.07) is 17.2. The van der Waals surface area contributed by atoms with Gasteiger partial charge in [-0.3, -0.25) is 4.79 Å². The first kappa shape index (κ1) is 19.8. The van der Waals surface area contributed by atoms with E-state index < -0.39 is 0 Å². The van der Waals surface area contributed by atoms with Crippen LogP contribution in [0.5, 0.6) is 11.5 Å². The number of carbonyl (C=O) groups is 1. The number of amides is 1. The molecular weight excluding hydrogens is 328 g/mol. The molecule has 0 heterocycles. The fraction of sp³-hybridized carbons (Fsp3) is 0.278. The zero-order valence-electron chi connectivity index (χ0n) is 13.4. The van der Waals surface area contributed by atoms with E-state index in [9.17, 15) is 4.79 Å². The molecule has 3 N–H and O–H groups in total. The van der Waals surface area contributed by atoms with E-state index in [0.29, 0.717) is 31.2 Å². The van der Waals surface area contributed by atoms with Crippen molar-refractivity contribution in [2.24, 2.45) is 5.73 Å². The Morgan fingerprint density at radius 3 is 2.25 bits per heavy atom. The van der Waals surface area contributed by atoms with Gasteiger partial charge in [-0.05, 0) is 30.7 Å². The third-order valence-corrected chi connectivity index (χ3v) is 3.15. The molecule has 0 spiro atoms. The van der Waals surface area contributed by atoms with Gasteiger partial charge in [0.05, 0.1) is 0 Å². The molecule has 0 atom stereocenters. The fourth-order valence-corrected chi connectivity index (χ4v) is 1.95. The van der Waals surface area contributed by atoms with Crippen molar-refractivity contribution in [3.63, 3.8) is 0 Å². The van der Waals surface area contributed by atoms with Gasteiger partial charge in [-0.25, -0.2) is 0 Å². The highest BCUT2D eigenvalue weighted by Gasteiger charge is 2.07. The average molecular weight is 351 g/mol. The van der Waals surface area contributed by atoms with Crippen molar-refractivity contribution < 1.29 is 14.3 Å². The molecule has 0 aliphatic rings. The zero-order valence-corrected chi connectivity index (χ0v) is 14.3. The normalized spacial score (nSPS) is 9.71. The summed E-state index contributed by atoms with van der Waals surface area (Å²) in [4.78, 5) is 11.7. The van der Waals surface area contributed by atoms with Crippen molar-refractivity contribution in [3.8, 4) is 11.5 Å². The van der Waals surface area contributed by atoms with Crippen LogP contribution in [0.2, 0.25) is 0 Å². The average Bonchev–Trinajstić information content (AvgIpc) is 2.60. The molecule has 0 bridgehead atoms. The fourth-order valence-electron chi connectivity index (χ4n) is 1.95. The molecule has 2 aromatic carbocycles. The van der Waals surface area contributed by atoms with Crippen molar-refractivity contribution in [2.45, 2.75) is 13.0 Å². The maximum atomic E-state index is 11.7. The van der Waals surface area contributed by atoms with Gasteiger partial charge in [0.25, 0.3) is 5.91 Å². The highest BCUT2D eigenvalue weighted by molar-refractivity contribution is 5.85. The Kier molecular flexibility index (Phi) is 9.34. The number of ether oxygens (including phenoxy) is 2. The van der Waals surface area contributed by atoms with Gasteiger partial charge in [-0.1, -0.05) is 42.5 Å². The van der Waals surface area contributed by atoms with Gasteiger partial charge in [0, 0.05) is 6.54 Å². The lowest BCUT2D eigenvalue weighted by Gasteiger charge is -2.12. The molecule has 5 nitrogen and oxygen atoms in total. The minimum atomic E-state index is -0.170. The van der Waals surface area contributed by atoms with Crippen LogP contribution in [-0.2, 0) is 11.4 Å². The predicted octanol–water partition coefficient (Wildman–Crippen LogP) is 2.53. The highest BCUT2D eigenvalue weighted by atomic mass is 35.5. The number of nitrogens with two attached hydrogens (primary N) is 1. The monoisotopic (exact) mass is 350 g/mol. The van der Waals surface area contributed by atoms with Crippen LogP contribution in [0.25, 0.3) is 0 Å². The van der Waals surface area contributed by atoms with Crippen molar-refractivity contribution in [3.05, 3.63) is 60.2 Å². The Morgan fingerprint density at radius 2 is 1.58 bits per heavy atom. The highest BCUT2D eigenvalue weighted by Crippen LogP contribution is 2.27. The summed E-state index contributed by atoms with van der Waals surface area (Å²) in [6.07, 6.45) is 0.752. The first-order valence-corrected chi connectivity index (χ1v) is 7.65. The van der Waals surface area contributed by atoms with Gasteiger partial charge >= 0.3 is 0 Å². The topological polar surface area (TPSA) is 73.6 Å². The lowest BCUT2D eigenvalue weighted by Crippen LogP contribution is -2.30. The van der Waals surface area contributed by atoms with Crippen LogP contribution in [-0.4, -0.2) is 25.6 Å². The van der Waals surface area contributed by atoms with Crippen LogP contribution in [0.1, 0.15) is 12.0 Å². The number of benzene rings is 2. The standard InChI is InChI=1S/C18H22N2O3.ClH/c19-11-6-12-20-18(21)14-23-17-10-5-4-9-16(17)22-13-15-7-2-1-3-8-15;/h1-5,7-10H,6,11-14,19H2,(H,20,21);1H. The Labute approximate surface area is 148 Å².